The molecule has 3 rings (SSSR count). The van der Waals surface area contributed by atoms with E-state index in [9.17, 15) is 14.4 Å². The van der Waals surface area contributed by atoms with Crippen molar-refractivity contribution in [1.29, 1.82) is 0 Å². The highest BCUT2D eigenvalue weighted by atomic mass is 16.2. The Balaban J connectivity index is 1.77. The number of anilines is 1. The fourth-order valence-corrected chi connectivity index (χ4v) is 3.39. The zero-order valence-corrected chi connectivity index (χ0v) is 17.0. The molecule has 2 heterocycles. The summed E-state index contributed by atoms with van der Waals surface area (Å²) in [6.07, 6.45) is 0.794. The predicted molar refractivity (Wildman–Crippen MR) is 111 cm³/mol. The monoisotopic (exact) mass is 394 g/mol. The summed E-state index contributed by atoms with van der Waals surface area (Å²) in [5.41, 5.74) is 3.24. The fraction of sp³-hybridized carbons (Fsp3) is 0.364. The molecule has 7 heteroatoms. The van der Waals surface area contributed by atoms with Gasteiger partial charge in [-0.05, 0) is 36.1 Å². The highest BCUT2D eigenvalue weighted by Gasteiger charge is 2.23. The van der Waals surface area contributed by atoms with Crippen LogP contribution in [0.2, 0.25) is 0 Å². The van der Waals surface area contributed by atoms with Crippen LogP contribution in [0.3, 0.4) is 0 Å². The molecule has 3 amide bonds. The summed E-state index contributed by atoms with van der Waals surface area (Å²) in [4.78, 5) is 44.0. The molecule has 152 valence electrons. The van der Waals surface area contributed by atoms with Crippen molar-refractivity contribution in [2.45, 2.75) is 26.7 Å². The highest BCUT2D eigenvalue weighted by molar-refractivity contribution is 6.04. The second kappa shape index (κ2) is 8.86. The number of hydrogen-bond donors (Lipinski definition) is 1. The van der Waals surface area contributed by atoms with Crippen LogP contribution < -0.4 is 5.32 Å². The summed E-state index contributed by atoms with van der Waals surface area (Å²) >= 11 is 0. The van der Waals surface area contributed by atoms with Gasteiger partial charge >= 0.3 is 0 Å². The van der Waals surface area contributed by atoms with E-state index in [0.717, 1.165) is 23.2 Å². The van der Waals surface area contributed by atoms with E-state index in [0.29, 0.717) is 26.2 Å². The molecule has 1 N–H and O–H groups in total. The Kier molecular flexibility index (Phi) is 6.26. The van der Waals surface area contributed by atoms with Crippen molar-refractivity contribution in [3.63, 3.8) is 0 Å². The molecule has 0 unspecified atom stereocenters. The van der Waals surface area contributed by atoms with Crippen molar-refractivity contribution < 1.29 is 14.4 Å². The molecule has 0 aliphatic carbocycles. The normalized spacial score (nSPS) is 14.1. The van der Waals surface area contributed by atoms with Gasteiger partial charge in [0.25, 0.3) is 11.8 Å². The summed E-state index contributed by atoms with van der Waals surface area (Å²) < 4.78 is 0. The largest absolute Gasteiger partial charge is 0.342 e. The Labute approximate surface area is 170 Å². The minimum atomic E-state index is -0.346. The third-order valence-corrected chi connectivity index (χ3v) is 5.12. The Hall–Kier alpha value is -3.22. The van der Waals surface area contributed by atoms with Gasteiger partial charge in [0.05, 0.1) is 0 Å². The van der Waals surface area contributed by atoms with Crippen LogP contribution in [-0.4, -0.2) is 59.2 Å². The van der Waals surface area contributed by atoms with Gasteiger partial charge in [-0.1, -0.05) is 38.1 Å². The van der Waals surface area contributed by atoms with Gasteiger partial charge in [0, 0.05) is 31.9 Å². The van der Waals surface area contributed by atoms with Crippen molar-refractivity contribution in [2.24, 2.45) is 0 Å². The maximum absolute atomic E-state index is 12.8. The maximum Gasteiger partial charge on any atom is 0.274 e. The number of aromatic nitrogens is 1. The van der Waals surface area contributed by atoms with Crippen LogP contribution in [0.4, 0.5) is 5.69 Å². The molecule has 0 spiro atoms. The molecule has 1 fully saturated rings. The summed E-state index contributed by atoms with van der Waals surface area (Å²) in [7, 11) is 0. The molecule has 1 aromatic carbocycles. The molecule has 0 saturated carbocycles. The van der Waals surface area contributed by atoms with E-state index in [4.69, 9.17) is 0 Å². The second-order valence-electron chi connectivity index (χ2n) is 7.49. The number of piperazine rings is 1. The van der Waals surface area contributed by atoms with Gasteiger partial charge in [-0.25, -0.2) is 4.98 Å². The Morgan fingerprint density at radius 2 is 1.69 bits per heavy atom. The van der Waals surface area contributed by atoms with Crippen LogP contribution in [0.25, 0.3) is 0 Å². The molecular weight excluding hydrogens is 368 g/mol. The third kappa shape index (κ3) is 4.62. The lowest BCUT2D eigenvalue weighted by Crippen LogP contribution is -2.48. The molecule has 2 aromatic rings. The minimum absolute atomic E-state index is 0.195. The van der Waals surface area contributed by atoms with E-state index in [1.165, 1.54) is 0 Å². The number of carbonyl (C=O) groups excluding carboxylic acids is 3. The van der Waals surface area contributed by atoms with Gasteiger partial charge in [-0.3, -0.25) is 14.4 Å². The van der Waals surface area contributed by atoms with Crippen LogP contribution in [0.1, 0.15) is 51.9 Å². The molecular formula is C22H26N4O3. The predicted octanol–water partition coefficient (Wildman–Crippen LogP) is 2.68. The van der Waals surface area contributed by atoms with Crippen molar-refractivity contribution in [2.75, 3.05) is 31.5 Å². The molecule has 1 saturated heterocycles. The first kappa shape index (κ1) is 20.5. The van der Waals surface area contributed by atoms with E-state index in [2.05, 4.69) is 24.1 Å². The summed E-state index contributed by atoms with van der Waals surface area (Å²) in [5.74, 6) is -0.318. The summed E-state index contributed by atoms with van der Waals surface area (Å²) in [5, 5.41) is 2.96. The van der Waals surface area contributed by atoms with Gasteiger partial charge < -0.3 is 15.1 Å². The SMILES string of the molecule is Cc1cccc(C(C)C)c1NC(=O)c1cccc(C(=O)N2CCN(C=O)CC2)n1. The topological polar surface area (TPSA) is 82.6 Å². The Bertz CT molecular complexity index is 918. The quantitative estimate of drug-likeness (QED) is 0.791. The van der Waals surface area contributed by atoms with Gasteiger partial charge in [-0.15, -0.1) is 0 Å². The number of pyridine rings is 1. The van der Waals surface area contributed by atoms with Gasteiger partial charge in [0.1, 0.15) is 11.4 Å². The first-order valence-corrected chi connectivity index (χ1v) is 9.77. The zero-order chi connectivity index (χ0) is 21.0. The average molecular weight is 394 g/mol. The minimum Gasteiger partial charge on any atom is -0.342 e. The number of aryl methyl sites for hydroxylation is 1. The zero-order valence-electron chi connectivity index (χ0n) is 17.0. The Morgan fingerprint density at radius 3 is 2.34 bits per heavy atom. The standard InChI is InChI=1S/C22H26N4O3/c1-15(2)17-7-4-6-16(3)20(17)24-21(28)18-8-5-9-19(23-18)22(29)26-12-10-25(14-27)11-13-26/h4-9,14-15H,10-13H2,1-3H3,(H,24,28). The van der Waals surface area contributed by atoms with E-state index in [-0.39, 0.29) is 29.1 Å². The number of benzene rings is 1. The van der Waals surface area contributed by atoms with Crippen LogP contribution in [0.5, 0.6) is 0 Å². The van der Waals surface area contributed by atoms with Gasteiger partial charge in [0.2, 0.25) is 6.41 Å². The van der Waals surface area contributed by atoms with Crippen molar-refractivity contribution in [3.8, 4) is 0 Å². The van der Waals surface area contributed by atoms with Gasteiger partial charge in [-0.2, -0.15) is 0 Å². The Morgan fingerprint density at radius 1 is 1.03 bits per heavy atom. The first-order valence-electron chi connectivity index (χ1n) is 9.77. The van der Waals surface area contributed by atoms with Crippen molar-refractivity contribution in [3.05, 3.63) is 58.9 Å². The molecule has 29 heavy (non-hydrogen) atoms. The van der Waals surface area contributed by atoms with Crippen LogP contribution >= 0.6 is 0 Å². The number of rotatable bonds is 5. The molecule has 0 radical (unpaired) electrons. The van der Waals surface area contributed by atoms with E-state index < -0.39 is 0 Å². The second-order valence-corrected chi connectivity index (χ2v) is 7.49. The van der Waals surface area contributed by atoms with E-state index in [1.54, 1.807) is 28.0 Å². The van der Waals surface area contributed by atoms with Gasteiger partial charge in [0.15, 0.2) is 0 Å². The number of nitrogens with one attached hydrogen (secondary N) is 1. The number of carbonyl (C=O) groups is 3. The molecule has 1 aliphatic rings. The third-order valence-electron chi connectivity index (χ3n) is 5.12. The molecule has 1 aromatic heterocycles. The summed E-state index contributed by atoms with van der Waals surface area (Å²) in [6.45, 7) is 8.02. The van der Waals surface area contributed by atoms with Crippen LogP contribution in [-0.2, 0) is 4.79 Å². The number of hydrogen-bond acceptors (Lipinski definition) is 4. The van der Waals surface area contributed by atoms with Crippen molar-refractivity contribution >= 4 is 23.9 Å². The average Bonchev–Trinajstić information content (AvgIpc) is 2.74. The number of para-hydroxylation sites is 1. The van der Waals surface area contributed by atoms with Crippen LogP contribution in [0.15, 0.2) is 36.4 Å². The maximum atomic E-state index is 12.8. The number of nitrogens with zero attached hydrogens (tertiary/aromatic N) is 3. The molecule has 1 aliphatic heterocycles. The molecule has 0 atom stereocenters. The lowest BCUT2D eigenvalue weighted by Gasteiger charge is -2.32. The lowest BCUT2D eigenvalue weighted by molar-refractivity contribution is -0.119. The number of amides is 3. The summed E-state index contributed by atoms with van der Waals surface area (Å²) in [6, 6.07) is 10.8. The first-order chi connectivity index (χ1) is 13.9. The smallest absolute Gasteiger partial charge is 0.274 e. The highest BCUT2D eigenvalue weighted by Crippen LogP contribution is 2.27. The van der Waals surface area contributed by atoms with E-state index >= 15 is 0 Å². The fourth-order valence-electron chi connectivity index (χ4n) is 3.39. The van der Waals surface area contributed by atoms with Crippen molar-refractivity contribution in [1.82, 2.24) is 14.8 Å². The molecule has 0 bridgehead atoms. The van der Waals surface area contributed by atoms with Crippen LogP contribution in [0, 0.1) is 6.92 Å². The van der Waals surface area contributed by atoms with E-state index in [1.807, 2.05) is 25.1 Å². The lowest BCUT2D eigenvalue weighted by atomic mass is 9.98. The molecule has 7 nitrogen and oxygen atoms in total.